The zero-order valence-electron chi connectivity index (χ0n) is 9.89. The number of nitrogens with zero attached hydrogens (tertiary/aromatic N) is 1. The van der Waals surface area contributed by atoms with Crippen molar-refractivity contribution < 1.29 is 9.59 Å². The Labute approximate surface area is 101 Å². The lowest BCUT2D eigenvalue weighted by Gasteiger charge is -2.16. The topological polar surface area (TPSA) is 75.4 Å². The molecule has 2 atom stereocenters. The second kappa shape index (κ2) is 5.31. The highest BCUT2D eigenvalue weighted by atomic mass is 16.2. The van der Waals surface area contributed by atoms with Crippen LogP contribution in [0.5, 0.6) is 0 Å². The Hall–Kier alpha value is -1.36. The van der Waals surface area contributed by atoms with Gasteiger partial charge in [-0.2, -0.15) is 0 Å². The fraction of sp³-hybridized carbons (Fsp3) is 0.667. The van der Waals surface area contributed by atoms with Crippen molar-refractivity contribution in [3.63, 3.8) is 0 Å². The molecular formula is C12H19N3O2. The van der Waals surface area contributed by atoms with Crippen molar-refractivity contribution in [3.8, 4) is 0 Å². The van der Waals surface area contributed by atoms with Crippen LogP contribution in [0.1, 0.15) is 19.3 Å². The summed E-state index contributed by atoms with van der Waals surface area (Å²) in [6, 6.07) is -0.0277. The van der Waals surface area contributed by atoms with Crippen LogP contribution in [-0.4, -0.2) is 42.4 Å². The summed E-state index contributed by atoms with van der Waals surface area (Å²) in [7, 11) is 0. The number of hydrogen-bond donors (Lipinski definition) is 2. The Kier molecular flexibility index (Phi) is 3.78. The van der Waals surface area contributed by atoms with Crippen LogP contribution in [0, 0.1) is 5.92 Å². The van der Waals surface area contributed by atoms with Crippen LogP contribution < -0.4 is 11.1 Å². The monoisotopic (exact) mass is 237 g/mol. The van der Waals surface area contributed by atoms with E-state index >= 15 is 0 Å². The fourth-order valence-electron chi connectivity index (χ4n) is 2.29. The minimum atomic E-state index is -0.170. The van der Waals surface area contributed by atoms with Crippen LogP contribution in [0.15, 0.2) is 12.2 Å². The molecule has 5 nitrogen and oxygen atoms in total. The van der Waals surface area contributed by atoms with E-state index in [1.165, 1.54) is 0 Å². The minimum absolute atomic E-state index is 0.0159. The number of likely N-dealkylation sites (tertiary alicyclic amines) is 1. The largest absolute Gasteiger partial charge is 0.347 e. The van der Waals surface area contributed by atoms with Gasteiger partial charge in [0.1, 0.15) is 0 Å². The molecule has 17 heavy (non-hydrogen) atoms. The molecule has 2 amide bonds. The van der Waals surface area contributed by atoms with Gasteiger partial charge in [-0.15, -0.1) is 0 Å². The maximum absolute atomic E-state index is 11.7. The molecule has 0 saturated carbocycles. The first-order chi connectivity index (χ1) is 8.16. The summed E-state index contributed by atoms with van der Waals surface area (Å²) in [5.41, 5.74) is 5.68. The first-order valence-corrected chi connectivity index (χ1v) is 6.16. The number of carbonyl (C=O) groups excluding carboxylic acids is 2. The number of amides is 2. The first-order valence-electron chi connectivity index (χ1n) is 6.16. The lowest BCUT2D eigenvalue weighted by molar-refractivity contribution is -0.132. The molecule has 1 aliphatic carbocycles. The lowest BCUT2D eigenvalue weighted by Crippen LogP contribution is -2.40. The average molecular weight is 237 g/mol. The van der Waals surface area contributed by atoms with Crippen LogP contribution in [0.4, 0.5) is 0 Å². The van der Waals surface area contributed by atoms with Gasteiger partial charge in [0.25, 0.3) is 0 Å². The highest BCUT2D eigenvalue weighted by Crippen LogP contribution is 2.16. The zero-order valence-corrected chi connectivity index (χ0v) is 9.89. The fourth-order valence-corrected chi connectivity index (χ4v) is 2.29. The van der Waals surface area contributed by atoms with Crippen molar-refractivity contribution in [2.45, 2.75) is 25.3 Å². The van der Waals surface area contributed by atoms with Crippen LogP contribution in [0.25, 0.3) is 0 Å². The number of rotatable bonds is 3. The van der Waals surface area contributed by atoms with Gasteiger partial charge < -0.3 is 16.0 Å². The van der Waals surface area contributed by atoms with E-state index in [0.29, 0.717) is 6.42 Å². The summed E-state index contributed by atoms with van der Waals surface area (Å²) in [5.74, 6) is -0.250. The van der Waals surface area contributed by atoms with E-state index in [-0.39, 0.29) is 30.3 Å². The summed E-state index contributed by atoms with van der Waals surface area (Å²) in [6.07, 6.45) is 6.44. The SMILES string of the molecule is NC1C=CC(C(=O)NCC(=O)N2CCCC2)C1. The minimum Gasteiger partial charge on any atom is -0.347 e. The molecule has 1 aliphatic heterocycles. The Morgan fingerprint density at radius 3 is 2.59 bits per heavy atom. The molecule has 1 fully saturated rings. The van der Waals surface area contributed by atoms with Crippen molar-refractivity contribution >= 4 is 11.8 Å². The predicted molar refractivity (Wildman–Crippen MR) is 64.0 cm³/mol. The van der Waals surface area contributed by atoms with Gasteiger partial charge in [0.2, 0.25) is 11.8 Å². The molecular weight excluding hydrogens is 218 g/mol. The van der Waals surface area contributed by atoms with E-state index < -0.39 is 0 Å². The van der Waals surface area contributed by atoms with Crippen LogP contribution in [0.3, 0.4) is 0 Å². The standard InChI is InChI=1S/C12H19N3O2/c13-10-4-3-9(7-10)12(17)14-8-11(16)15-5-1-2-6-15/h3-4,9-10H,1-2,5-8,13H2,(H,14,17). The van der Waals surface area contributed by atoms with E-state index in [1.807, 2.05) is 12.2 Å². The Balaban J connectivity index is 1.72. The van der Waals surface area contributed by atoms with Gasteiger partial charge in [-0.25, -0.2) is 0 Å². The quantitative estimate of drug-likeness (QED) is 0.657. The van der Waals surface area contributed by atoms with Crippen molar-refractivity contribution in [3.05, 3.63) is 12.2 Å². The maximum Gasteiger partial charge on any atom is 0.241 e. The summed E-state index contributed by atoms with van der Waals surface area (Å²) < 4.78 is 0. The van der Waals surface area contributed by atoms with Gasteiger partial charge in [-0.3, -0.25) is 9.59 Å². The normalized spacial score (nSPS) is 27.5. The molecule has 94 valence electrons. The molecule has 2 rings (SSSR count). The van der Waals surface area contributed by atoms with E-state index in [1.54, 1.807) is 4.90 Å². The smallest absolute Gasteiger partial charge is 0.241 e. The van der Waals surface area contributed by atoms with E-state index in [9.17, 15) is 9.59 Å². The van der Waals surface area contributed by atoms with Gasteiger partial charge in [-0.05, 0) is 19.3 Å². The van der Waals surface area contributed by atoms with Gasteiger partial charge in [-0.1, -0.05) is 12.2 Å². The molecule has 0 aromatic heterocycles. The number of nitrogens with two attached hydrogens (primary N) is 1. The molecule has 2 unspecified atom stereocenters. The Bertz CT molecular complexity index is 335. The molecule has 0 spiro atoms. The van der Waals surface area contributed by atoms with Crippen molar-refractivity contribution in [2.24, 2.45) is 11.7 Å². The summed E-state index contributed by atoms with van der Waals surface area (Å²) in [4.78, 5) is 25.2. The predicted octanol–water partition coefficient (Wildman–Crippen LogP) is -0.372. The van der Waals surface area contributed by atoms with Crippen LogP contribution in [-0.2, 0) is 9.59 Å². The van der Waals surface area contributed by atoms with Crippen molar-refractivity contribution in [1.82, 2.24) is 10.2 Å². The summed E-state index contributed by atoms with van der Waals surface area (Å²) >= 11 is 0. The summed E-state index contributed by atoms with van der Waals surface area (Å²) in [5, 5.41) is 2.68. The maximum atomic E-state index is 11.7. The molecule has 0 aromatic rings. The van der Waals surface area contributed by atoms with E-state index in [2.05, 4.69) is 5.32 Å². The molecule has 0 radical (unpaired) electrons. The summed E-state index contributed by atoms with van der Waals surface area (Å²) in [6.45, 7) is 1.75. The molecule has 5 heteroatoms. The molecule has 3 N–H and O–H groups in total. The Morgan fingerprint density at radius 2 is 2.00 bits per heavy atom. The van der Waals surface area contributed by atoms with Crippen LogP contribution in [0.2, 0.25) is 0 Å². The zero-order chi connectivity index (χ0) is 12.3. The molecule has 0 aromatic carbocycles. The van der Waals surface area contributed by atoms with E-state index in [4.69, 9.17) is 5.73 Å². The number of carbonyl (C=O) groups is 2. The molecule has 0 bridgehead atoms. The second-order valence-corrected chi connectivity index (χ2v) is 4.70. The first kappa shape index (κ1) is 12.1. The third-order valence-electron chi connectivity index (χ3n) is 3.33. The van der Waals surface area contributed by atoms with Gasteiger partial charge in [0.15, 0.2) is 0 Å². The molecule has 1 heterocycles. The highest BCUT2D eigenvalue weighted by Gasteiger charge is 2.24. The highest BCUT2D eigenvalue weighted by molar-refractivity contribution is 5.87. The van der Waals surface area contributed by atoms with Gasteiger partial charge in [0.05, 0.1) is 12.5 Å². The van der Waals surface area contributed by atoms with E-state index in [0.717, 1.165) is 25.9 Å². The third-order valence-corrected chi connectivity index (χ3v) is 3.33. The molecule has 2 aliphatic rings. The lowest BCUT2D eigenvalue weighted by atomic mass is 10.1. The average Bonchev–Trinajstić information content (AvgIpc) is 2.95. The van der Waals surface area contributed by atoms with Gasteiger partial charge >= 0.3 is 0 Å². The third kappa shape index (κ3) is 3.06. The number of nitrogens with one attached hydrogen (secondary N) is 1. The van der Waals surface area contributed by atoms with Crippen molar-refractivity contribution in [2.75, 3.05) is 19.6 Å². The Morgan fingerprint density at radius 1 is 1.29 bits per heavy atom. The molecule has 1 saturated heterocycles. The second-order valence-electron chi connectivity index (χ2n) is 4.70. The van der Waals surface area contributed by atoms with Crippen LogP contribution >= 0.6 is 0 Å². The number of hydrogen-bond acceptors (Lipinski definition) is 3. The van der Waals surface area contributed by atoms with Gasteiger partial charge in [0, 0.05) is 19.1 Å². The van der Waals surface area contributed by atoms with Crippen molar-refractivity contribution in [1.29, 1.82) is 0 Å².